The predicted octanol–water partition coefficient (Wildman–Crippen LogP) is 3.81. The molecule has 1 atom stereocenters. The first-order valence-electron chi connectivity index (χ1n) is 7.97. The van der Waals surface area contributed by atoms with Gasteiger partial charge in [-0.05, 0) is 50.6 Å². The largest absolute Gasteiger partial charge is 0.459 e. The molecule has 23 heavy (non-hydrogen) atoms. The van der Waals surface area contributed by atoms with Gasteiger partial charge in [0, 0.05) is 17.1 Å². The SMILES string of the molecule is Cc1ccoc1C(=O)NCC(c1ccccc1Cl)N1CCCC1. The van der Waals surface area contributed by atoms with E-state index in [1.807, 2.05) is 31.2 Å². The van der Waals surface area contributed by atoms with Crippen LogP contribution in [0, 0.1) is 6.92 Å². The summed E-state index contributed by atoms with van der Waals surface area (Å²) in [6, 6.07) is 9.74. The van der Waals surface area contributed by atoms with Crippen molar-refractivity contribution < 1.29 is 9.21 Å². The number of amides is 1. The molecule has 1 saturated heterocycles. The molecule has 1 N–H and O–H groups in total. The zero-order chi connectivity index (χ0) is 16.2. The summed E-state index contributed by atoms with van der Waals surface area (Å²) in [5.74, 6) is 0.202. The van der Waals surface area contributed by atoms with E-state index < -0.39 is 0 Å². The molecular weight excluding hydrogens is 312 g/mol. The minimum Gasteiger partial charge on any atom is -0.459 e. The van der Waals surface area contributed by atoms with Gasteiger partial charge in [-0.2, -0.15) is 0 Å². The third kappa shape index (κ3) is 3.59. The minimum atomic E-state index is -0.177. The van der Waals surface area contributed by atoms with E-state index in [0.717, 1.165) is 29.2 Å². The second kappa shape index (κ2) is 7.20. The van der Waals surface area contributed by atoms with Gasteiger partial charge in [0.15, 0.2) is 5.76 Å². The van der Waals surface area contributed by atoms with Crippen molar-refractivity contribution in [3.63, 3.8) is 0 Å². The number of carbonyl (C=O) groups is 1. The Kier molecular flexibility index (Phi) is 5.03. The lowest BCUT2D eigenvalue weighted by molar-refractivity contribution is 0.0909. The Morgan fingerprint density at radius 3 is 2.70 bits per heavy atom. The number of halogens is 1. The average molecular weight is 333 g/mol. The fourth-order valence-electron chi connectivity index (χ4n) is 3.11. The molecule has 1 aromatic heterocycles. The van der Waals surface area contributed by atoms with Crippen molar-refractivity contribution in [2.24, 2.45) is 0 Å². The van der Waals surface area contributed by atoms with Crippen molar-refractivity contribution in [2.75, 3.05) is 19.6 Å². The van der Waals surface area contributed by atoms with E-state index in [1.54, 1.807) is 6.07 Å². The number of benzene rings is 1. The Morgan fingerprint density at radius 2 is 2.04 bits per heavy atom. The van der Waals surface area contributed by atoms with Crippen molar-refractivity contribution in [1.29, 1.82) is 0 Å². The van der Waals surface area contributed by atoms with E-state index >= 15 is 0 Å². The number of aryl methyl sites for hydroxylation is 1. The second-order valence-electron chi connectivity index (χ2n) is 5.92. The molecule has 3 rings (SSSR count). The van der Waals surface area contributed by atoms with Gasteiger partial charge >= 0.3 is 0 Å². The van der Waals surface area contributed by atoms with E-state index in [9.17, 15) is 4.79 Å². The highest BCUT2D eigenvalue weighted by atomic mass is 35.5. The molecule has 2 heterocycles. The number of furan rings is 1. The zero-order valence-corrected chi connectivity index (χ0v) is 14.0. The molecule has 1 aromatic carbocycles. The van der Waals surface area contributed by atoms with Gasteiger partial charge in [-0.1, -0.05) is 29.8 Å². The van der Waals surface area contributed by atoms with E-state index in [0.29, 0.717) is 12.3 Å². The molecule has 0 bridgehead atoms. The van der Waals surface area contributed by atoms with Crippen LogP contribution in [0.1, 0.15) is 40.6 Å². The van der Waals surface area contributed by atoms with Crippen molar-refractivity contribution in [2.45, 2.75) is 25.8 Å². The molecule has 0 aliphatic carbocycles. The van der Waals surface area contributed by atoms with Crippen LogP contribution >= 0.6 is 11.6 Å². The molecule has 1 aliphatic rings. The van der Waals surface area contributed by atoms with E-state index in [-0.39, 0.29) is 11.9 Å². The van der Waals surface area contributed by atoms with Crippen LogP contribution in [0.15, 0.2) is 41.0 Å². The maximum atomic E-state index is 12.3. The van der Waals surface area contributed by atoms with Crippen LogP contribution in [0.2, 0.25) is 5.02 Å². The van der Waals surface area contributed by atoms with Gasteiger partial charge in [0.2, 0.25) is 0 Å². The summed E-state index contributed by atoms with van der Waals surface area (Å²) < 4.78 is 5.26. The summed E-state index contributed by atoms with van der Waals surface area (Å²) >= 11 is 6.38. The predicted molar refractivity (Wildman–Crippen MR) is 90.8 cm³/mol. The van der Waals surface area contributed by atoms with Gasteiger partial charge in [-0.3, -0.25) is 9.69 Å². The van der Waals surface area contributed by atoms with Gasteiger partial charge in [0.05, 0.1) is 12.3 Å². The van der Waals surface area contributed by atoms with Crippen LogP contribution < -0.4 is 5.32 Å². The van der Waals surface area contributed by atoms with E-state index in [4.69, 9.17) is 16.0 Å². The van der Waals surface area contributed by atoms with Gasteiger partial charge in [-0.15, -0.1) is 0 Å². The minimum absolute atomic E-state index is 0.0884. The number of nitrogens with one attached hydrogen (secondary N) is 1. The lowest BCUT2D eigenvalue weighted by Gasteiger charge is -2.28. The van der Waals surface area contributed by atoms with Gasteiger partial charge in [-0.25, -0.2) is 0 Å². The molecular formula is C18H21ClN2O2. The average Bonchev–Trinajstić information content (AvgIpc) is 3.20. The zero-order valence-electron chi connectivity index (χ0n) is 13.2. The van der Waals surface area contributed by atoms with Crippen molar-refractivity contribution in [3.05, 3.63) is 58.5 Å². The molecule has 0 saturated carbocycles. The van der Waals surface area contributed by atoms with Gasteiger partial charge < -0.3 is 9.73 Å². The van der Waals surface area contributed by atoms with Crippen LogP contribution in [0.3, 0.4) is 0 Å². The summed E-state index contributed by atoms with van der Waals surface area (Å²) in [4.78, 5) is 14.7. The number of carbonyl (C=O) groups excluding carboxylic acids is 1. The summed E-state index contributed by atoms with van der Waals surface area (Å²) in [7, 11) is 0. The Hall–Kier alpha value is -1.78. The van der Waals surface area contributed by atoms with E-state index in [2.05, 4.69) is 10.2 Å². The number of likely N-dealkylation sites (tertiary alicyclic amines) is 1. The molecule has 1 amide bonds. The maximum Gasteiger partial charge on any atom is 0.287 e. The third-order valence-electron chi connectivity index (χ3n) is 4.37. The summed E-state index contributed by atoms with van der Waals surface area (Å²) in [6.45, 7) is 4.45. The second-order valence-corrected chi connectivity index (χ2v) is 6.33. The smallest absolute Gasteiger partial charge is 0.287 e. The molecule has 4 nitrogen and oxygen atoms in total. The lowest BCUT2D eigenvalue weighted by Crippen LogP contribution is -2.37. The van der Waals surface area contributed by atoms with Crippen LogP contribution in [-0.2, 0) is 0 Å². The number of nitrogens with zero attached hydrogens (tertiary/aromatic N) is 1. The third-order valence-corrected chi connectivity index (χ3v) is 4.71. The summed E-state index contributed by atoms with van der Waals surface area (Å²) in [5, 5.41) is 3.74. The highest BCUT2D eigenvalue weighted by Gasteiger charge is 2.26. The number of rotatable bonds is 5. The number of hydrogen-bond acceptors (Lipinski definition) is 3. The van der Waals surface area contributed by atoms with Crippen LogP contribution in [0.25, 0.3) is 0 Å². The fraction of sp³-hybridized carbons (Fsp3) is 0.389. The quantitative estimate of drug-likeness (QED) is 0.905. The molecule has 1 fully saturated rings. The Bertz CT molecular complexity index is 677. The first-order valence-corrected chi connectivity index (χ1v) is 8.35. The molecule has 5 heteroatoms. The van der Waals surface area contributed by atoms with Crippen LogP contribution in [-0.4, -0.2) is 30.4 Å². The maximum absolute atomic E-state index is 12.3. The molecule has 122 valence electrons. The summed E-state index contributed by atoms with van der Waals surface area (Å²) in [5.41, 5.74) is 1.91. The topological polar surface area (TPSA) is 45.5 Å². The molecule has 0 spiro atoms. The Labute approximate surface area is 141 Å². The lowest BCUT2D eigenvalue weighted by atomic mass is 10.1. The van der Waals surface area contributed by atoms with Crippen molar-refractivity contribution in [1.82, 2.24) is 10.2 Å². The Balaban J connectivity index is 1.75. The van der Waals surface area contributed by atoms with Crippen LogP contribution in [0.5, 0.6) is 0 Å². The Morgan fingerprint density at radius 1 is 1.30 bits per heavy atom. The molecule has 1 unspecified atom stereocenters. The normalized spacial score (nSPS) is 16.4. The van der Waals surface area contributed by atoms with Gasteiger partial charge in [0.25, 0.3) is 5.91 Å². The number of hydrogen-bond donors (Lipinski definition) is 1. The standard InChI is InChI=1S/C18H21ClN2O2/c1-13-8-11-23-17(13)18(22)20-12-16(21-9-4-5-10-21)14-6-2-3-7-15(14)19/h2-3,6-8,11,16H,4-5,9-10,12H2,1H3,(H,20,22). The van der Waals surface area contributed by atoms with Gasteiger partial charge in [0.1, 0.15) is 0 Å². The summed E-state index contributed by atoms with van der Waals surface area (Å²) in [6.07, 6.45) is 3.91. The fourth-order valence-corrected chi connectivity index (χ4v) is 3.37. The first kappa shape index (κ1) is 16.1. The molecule has 1 aliphatic heterocycles. The van der Waals surface area contributed by atoms with Crippen LogP contribution in [0.4, 0.5) is 0 Å². The highest BCUT2D eigenvalue weighted by molar-refractivity contribution is 6.31. The molecule has 2 aromatic rings. The molecule has 0 radical (unpaired) electrons. The van der Waals surface area contributed by atoms with E-state index in [1.165, 1.54) is 19.1 Å². The van der Waals surface area contributed by atoms with Crippen molar-refractivity contribution >= 4 is 17.5 Å². The monoisotopic (exact) mass is 332 g/mol. The highest BCUT2D eigenvalue weighted by Crippen LogP contribution is 2.29. The first-order chi connectivity index (χ1) is 11.2. The van der Waals surface area contributed by atoms with Crippen molar-refractivity contribution in [3.8, 4) is 0 Å².